The van der Waals surface area contributed by atoms with Crippen LogP contribution < -0.4 is 15.2 Å². The number of halogens is 1. The molecule has 6 heteroatoms. The molecule has 108 valence electrons. The van der Waals surface area contributed by atoms with Crippen LogP contribution in [-0.2, 0) is 20.2 Å². The molecule has 2 rings (SSSR count). The molecule has 0 unspecified atom stereocenters. The zero-order valence-corrected chi connectivity index (χ0v) is 13.4. The molecule has 0 spiro atoms. The first-order valence-electron chi connectivity index (χ1n) is 6.24. The molecule has 0 aliphatic heterocycles. The maximum Gasteiger partial charge on any atom is 0.162 e. The monoisotopic (exact) mass is 339 g/mol. The van der Waals surface area contributed by atoms with Crippen LogP contribution in [0, 0.1) is 6.92 Å². The summed E-state index contributed by atoms with van der Waals surface area (Å²) in [4.78, 5) is 0. The second-order valence-electron chi connectivity index (χ2n) is 4.45. The predicted octanol–water partition coefficient (Wildman–Crippen LogP) is 2.54. The van der Waals surface area contributed by atoms with Crippen molar-refractivity contribution >= 4 is 15.9 Å². The summed E-state index contributed by atoms with van der Waals surface area (Å²) in [6.07, 6.45) is 0. The molecule has 1 heterocycles. The number of methoxy groups -OCH3 is 1. The average molecular weight is 340 g/mol. The topological polar surface area (TPSA) is 62.3 Å². The van der Waals surface area contributed by atoms with Crippen molar-refractivity contribution in [3.63, 3.8) is 0 Å². The zero-order valence-electron chi connectivity index (χ0n) is 11.8. The van der Waals surface area contributed by atoms with Gasteiger partial charge in [-0.15, -0.1) is 0 Å². The van der Waals surface area contributed by atoms with Crippen molar-refractivity contribution in [1.82, 2.24) is 9.78 Å². The molecule has 0 radical (unpaired) electrons. The molecule has 1 aromatic heterocycles. The van der Waals surface area contributed by atoms with Crippen LogP contribution in [0.5, 0.6) is 11.5 Å². The van der Waals surface area contributed by atoms with Crippen LogP contribution in [0.4, 0.5) is 0 Å². The summed E-state index contributed by atoms with van der Waals surface area (Å²) >= 11 is 3.52. The molecule has 1 aromatic carbocycles. The molecule has 0 bridgehead atoms. The minimum absolute atomic E-state index is 0.405. The maximum atomic E-state index is 5.86. The summed E-state index contributed by atoms with van der Waals surface area (Å²) < 4.78 is 13.9. The second kappa shape index (κ2) is 6.28. The number of nitrogens with two attached hydrogens (primary N) is 1. The van der Waals surface area contributed by atoms with Gasteiger partial charge < -0.3 is 15.2 Å². The molecule has 5 nitrogen and oxygen atoms in total. The normalized spacial score (nSPS) is 10.7. The number of aromatic nitrogens is 2. The number of hydrogen-bond donors (Lipinski definition) is 1. The summed E-state index contributed by atoms with van der Waals surface area (Å²) in [5.74, 6) is 1.37. The van der Waals surface area contributed by atoms with Crippen LogP contribution in [0.2, 0.25) is 0 Å². The van der Waals surface area contributed by atoms with Gasteiger partial charge in [-0.05, 0) is 40.5 Å². The molecule has 0 aliphatic carbocycles. The highest BCUT2D eigenvalue weighted by Gasteiger charge is 2.13. The van der Waals surface area contributed by atoms with Crippen LogP contribution in [0.3, 0.4) is 0 Å². The Morgan fingerprint density at radius 1 is 1.35 bits per heavy atom. The zero-order chi connectivity index (χ0) is 14.7. The van der Waals surface area contributed by atoms with E-state index in [9.17, 15) is 0 Å². The Morgan fingerprint density at radius 2 is 2.10 bits per heavy atom. The number of hydrogen-bond acceptors (Lipinski definition) is 4. The SMILES string of the molecule is COc1ccc(CN)cc1OCc1c(Br)c(C)nn1C. The summed E-state index contributed by atoms with van der Waals surface area (Å²) in [5, 5.41) is 4.34. The quantitative estimate of drug-likeness (QED) is 0.909. The number of benzene rings is 1. The van der Waals surface area contributed by atoms with Gasteiger partial charge in [0.15, 0.2) is 11.5 Å². The van der Waals surface area contributed by atoms with Gasteiger partial charge in [-0.25, -0.2) is 0 Å². The van der Waals surface area contributed by atoms with E-state index >= 15 is 0 Å². The molecular formula is C14H18BrN3O2. The number of ether oxygens (including phenoxy) is 2. The molecule has 0 fully saturated rings. The fourth-order valence-electron chi connectivity index (χ4n) is 1.94. The van der Waals surface area contributed by atoms with Crippen molar-refractivity contribution < 1.29 is 9.47 Å². The molecule has 20 heavy (non-hydrogen) atoms. The van der Waals surface area contributed by atoms with Crippen molar-refractivity contribution in [3.8, 4) is 11.5 Å². The van der Waals surface area contributed by atoms with Crippen molar-refractivity contribution in [2.75, 3.05) is 7.11 Å². The molecule has 0 saturated carbocycles. The third-order valence-corrected chi connectivity index (χ3v) is 4.12. The summed E-state index contributed by atoms with van der Waals surface area (Å²) in [7, 11) is 3.51. The van der Waals surface area contributed by atoms with Gasteiger partial charge in [0.1, 0.15) is 6.61 Å². The van der Waals surface area contributed by atoms with Gasteiger partial charge in [0, 0.05) is 13.6 Å². The molecular weight excluding hydrogens is 322 g/mol. The van der Waals surface area contributed by atoms with Crippen LogP contribution in [0.1, 0.15) is 17.0 Å². The third kappa shape index (κ3) is 2.96. The molecule has 0 aliphatic rings. The van der Waals surface area contributed by atoms with Gasteiger partial charge in [0.2, 0.25) is 0 Å². The maximum absolute atomic E-state index is 5.86. The van der Waals surface area contributed by atoms with Crippen molar-refractivity contribution in [2.45, 2.75) is 20.1 Å². The summed E-state index contributed by atoms with van der Waals surface area (Å²) in [6, 6.07) is 5.69. The van der Waals surface area contributed by atoms with Crippen molar-refractivity contribution in [2.24, 2.45) is 12.8 Å². The third-order valence-electron chi connectivity index (χ3n) is 3.09. The smallest absolute Gasteiger partial charge is 0.162 e. The van der Waals surface area contributed by atoms with E-state index in [-0.39, 0.29) is 0 Å². The van der Waals surface area contributed by atoms with E-state index in [0.29, 0.717) is 24.7 Å². The lowest BCUT2D eigenvalue weighted by Gasteiger charge is -2.12. The first-order chi connectivity index (χ1) is 9.56. The lowest BCUT2D eigenvalue weighted by molar-refractivity contribution is 0.275. The number of nitrogens with zero attached hydrogens (tertiary/aromatic N) is 2. The fraction of sp³-hybridized carbons (Fsp3) is 0.357. The Kier molecular flexibility index (Phi) is 4.67. The largest absolute Gasteiger partial charge is 0.493 e. The standard InChI is InChI=1S/C14H18BrN3O2/c1-9-14(15)11(18(2)17-9)8-20-13-6-10(7-16)4-5-12(13)19-3/h4-6H,7-8,16H2,1-3H3. The lowest BCUT2D eigenvalue weighted by atomic mass is 10.2. The Hall–Kier alpha value is -1.53. The highest BCUT2D eigenvalue weighted by Crippen LogP contribution is 2.30. The van der Waals surface area contributed by atoms with Crippen LogP contribution in [0.15, 0.2) is 22.7 Å². The van der Waals surface area contributed by atoms with E-state index in [1.54, 1.807) is 11.8 Å². The van der Waals surface area contributed by atoms with Crippen LogP contribution in [0.25, 0.3) is 0 Å². The predicted molar refractivity (Wildman–Crippen MR) is 80.9 cm³/mol. The van der Waals surface area contributed by atoms with E-state index < -0.39 is 0 Å². The molecule has 0 amide bonds. The molecule has 0 saturated heterocycles. The Labute approximate surface area is 126 Å². The van der Waals surface area contributed by atoms with Gasteiger partial charge in [-0.1, -0.05) is 6.07 Å². The highest BCUT2D eigenvalue weighted by molar-refractivity contribution is 9.10. The van der Waals surface area contributed by atoms with E-state index in [0.717, 1.165) is 21.4 Å². The van der Waals surface area contributed by atoms with Gasteiger partial charge in [0.05, 0.1) is 23.0 Å². The van der Waals surface area contributed by atoms with Crippen LogP contribution >= 0.6 is 15.9 Å². The second-order valence-corrected chi connectivity index (χ2v) is 5.24. The van der Waals surface area contributed by atoms with E-state index in [2.05, 4.69) is 21.0 Å². The lowest BCUT2D eigenvalue weighted by Crippen LogP contribution is -2.05. The highest BCUT2D eigenvalue weighted by atomic mass is 79.9. The van der Waals surface area contributed by atoms with Crippen LogP contribution in [-0.4, -0.2) is 16.9 Å². The number of aryl methyl sites for hydroxylation is 2. The minimum Gasteiger partial charge on any atom is -0.493 e. The average Bonchev–Trinajstić information content (AvgIpc) is 2.70. The first-order valence-corrected chi connectivity index (χ1v) is 7.03. The van der Waals surface area contributed by atoms with Crippen molar-refractivity contribution in [3.05, 3.63) is 39.6 Å². The minimum atomic E-state index is 0.405. The van der Waals surface area contributed by atoms with Gasteiger partial charge in [-0.2, -0.15) is 5.10 Å². The molecule has 0 atom stereocenters. The van der Waals surface area contributed by atoms with Gasteiger partial charge >= 0.3 is 0 Å². The Balaban J connectivity index is 2.21. The molecule has 2 N–H and O–H groups in total. The van der Waals surface area contributed by atoms with E-state index in [1.165, 1.54) is 0 Å². The van der Waals surface area contributed by atoms with Crippen molar-refractivity contribution in [1.29, 1.82) is 0 Å². The van der Waals surface area contributed by atoms with Gasteiger partial charge in [-0.3, -0.25) is 4.68 Å². The summed E-state index contributed by atoms with van der Waals surface area (Å²) in [5.41, 5.74) is 8.57. The van der Waals surface area contributed by atoms with Gasteiger partial charge in [0.25, 0.3) is 0 Å². The fourth-order valence-corrected chi connectivity index (χ4v) is 2.39. The van der Waals surface area contributed by atoms with E-state index in [4.69, 9.17) is 15.2 Å². The summed E-state index contributed by atoms with van der Waals surface area (Å²) in [6.45, 7) is 2.82. The Bertz CT molecular complexity index is 611. The Morgan fingerprint density at radius 3 is 2.65 bits per heavy atom. The van der Waals surface area contributed by atoms with E-state index in [1.807, 2.05) is 32.2 Å². The molecule has 2 aromatic rings. The number of rotatable bonds is 5. The first kappa shape index (κ1) is 14.9.